The van der Waals surface area contributed by atoms with Crippen molar-refractivity contribution in [3.8, 4) is 5.75 Å². The highest BCUT2D eigenvalue weighted by Crippen LogP contribution is 2.40. The summed E-state index contributed by atoms with van der Waals surface area (Å²) in [6, 6.07) is 3.77. The smallest absolute Gasteiger partial charge is 0.480 e. The molecule has 1 aliphatic rings. The molecule has 0 amide bonds. The third-order valence-corrected chi connectivity index (χ3v) is 4.46. The number of aryl methyl sites for hydroxylation is 2. The van der Waals surface area contributed by atoms with Gasteiger partial charge in [-0.15, -0.1) is 0 Å². The third kappa shape index (κ3) is 2.46. The van der Waals surface area contributed by atoms with Gasteiger partial charge in [0.1, 0.15) is 5.75 Å². The lowest BCUT2D eigenvalue weighted by atomic mass is 9.74. The molecule has 0 bridgehead atoms. The maximum absolute atomic E-state index is 9.84. The van der Waals surface area contributed by atoms with Gasteiger partial charge in [0.2, 0.25) is 0 Å². The van der Waals surface area contributed by atoms with Crippen LogP contribution in [-0.4, -0.2) is 23.4 Å². The van der Waals surface area contributed by atoms with E-state index in [1.54, 1.807) is 0 Å². The van der Waals surface area contributed by atoms with Gasteiger partial charge in [-0.25, -0.2) is 0 Å². The first kappa shape index (κ1) is 15.4. The molecule has 2 rings (SSSR count). The van der Waals surface area contributed by atoms with E-state index in [1.807, 2.05) is 53.7 Å². The zero-order chi connectivity index (χ0) is 15.3. The van der Waals surface area contributed by atoms with Crippen molar-refractivity contribution in [3.63, 3.8) is 0 Å². The van der Waals surface area contributed by atoms with E-state index in [0.717, 1.165) is 16.7 Å². The maximum atomic E-state index is 9.84. The molecule has 110 valence electrons. The molecule has 4 nitrogen and oxygen atoms in total. The van der Waals surface area contributed by atoms with Crippen molar-refractivity contribution < 1.29 is 14.4 Å². The zero-order valence-electron chi connectivity index (χ0n) is 13.2. The number of benzene rings is 1. The molecular formula is C15H24BNO3. The molecular weight excluding hydrogens is 253 g/mol. The van der Waals surface area contributed by atoms with E-state index in [-0.39, 0.29) is 5.94 Å². The summed E-state index contributed by atoms with van der Waals surface area (Å²) in [5, 5.41) is 9.84. The summed E-state index contributed by atoms with van der Waals surface area (Å²) in [7, 11) is -0.483. The van der Waals surface area contributed by atoms with E-state index >= 15 is 0 Å². The molecule has 0 aromatic heterocycles. The largest absolute Gasteiger partial charge is 0.507 e. The Morgan fingerprint density at radius 2 is 1.45 bits per heavy atom. The second kappa shape index (κ2) is 4.76. The molecule has 1 aliphatic heterocycles. The van der Waals surface area contributed by atoms with Crippen molar-refractivity contribution in [2.24, 2.45) is 5.73 Å². The van der Waals surface area contributed by atoms with E-state index in [9.17, 15) is 5.11 Å². The Labute approximate surface area is 121 Å². The van der Waals surface area contributed by atoms with Gasteiger partial charge in [0.15, 0.2) is 0 Å². The fourth-order valence-electron chi connectivity index (χ4n) is 2.37. The molecule has 0 radical (unpaired) electrons. The monoisotopic (exact) mass is 277 g/mol. The van der Waals surface area contributed by atoms with E-state index in [4.69, 9.17) is 15.0 Å². The van der Waals surface area contributed by atoms with E-state index in [2.05, 4.69) is 0 Å². The molecule has 0 aliphatic carbocycles. The fraction of sp³-hybridized carbons (Fsp3) is 0.600. The molecule has 0 unspecified atom stereocenters. The highest BCUT2D eigenvalue weighted by molar-refractivity contribution is 6.47. The first-order valence-electron chi connectivity index (χ1n) is 6.96. The van der Waals surface area contributed by atoms with Crippen LogP contribution >= 0.6 is 0 Å². The van der Waals surface area contributed by atoms with Crippen molar-refractivity contribution in [1.82, 2.24) is 0 Å². The van der Waals surface area contributed by atoms with Crippen molar-refractivity contribution in [1.29, 1.82) is 0 Å². The van der Waals surface area contributed by atoms with Crippen LogP contribution in [-0.2, 0) is 9.31 Å². The lowest BCUT2D eigenvalue weighted by molar-refractivity contribution is 0.00578. The first-order valence-corrected chi connectivity index (χ1v) is 6.96. The Morgan fingerprint density at radius 1 is 1.05 bits per heavy atom. The van der Waals surface area contributed by atoms with Crippen LogP contribution in [0.5, 0.6) is 5.75 Å². The number of phenolic OH excluding ortho intramolecular Hbond substituents is 1. The van der Waals surface area contributed by atoms with Gasteiger partial charge >= 0.3 is 7.12 Å². The highest BCUT2D eigenvalue weighted by Gasteiger charge is 2.53. The molecule has 1 heterocycles. The number of phenols is 1. The van der Waals surface area contributed by atoms with Gasteiger partial charge in [0.25, 0.3) is 0 Å². The Balaban J connectivity index is 2.28. The Kier molecular flexibility index (Phi) is 3.65. The maximum Gasteiger partial charge on any atom is 0.480 e. The topological polar surface area (TPSA) is 64.7 Å². The highest BCUT2D eigenvalue weighted by atomic mass is 16.7. The van der Waals surface area contributed by atoms with Crippen molar-refractivity contribution in [2.75, 3.05) is 0 Å². The van der Waals surface area contributed by atoms with Crippen molar-refractivity contribution in [2.45, 2.75) is 58.7 Å². The minimum atomic E-state index is -0.483. The molecule has 1 aromatic rings. The average molecular weight is 277 g/mol. The molecule has 0 saturated carbocycles. The summed E-state index contributed by atoms with van der Waals surface area (Å²) in [6.07, 6.45) is 0. The van der Waals surface area contributed by atoms with Crippen molar-refractivity contribution >= 4 is 7.12 Å². The van der Waals surface area contributed by atoms with Crippen LogP contribution in [0.1, 0.15) is 50.3 Å². The lowest BCUT2D eigenvalue weighted by Gasteiger charge is -2.32. The summed E-state index contributed by atoms with van der Waals surface area (Å²) >= 11 is 0. The molecule has 3 N–H and O–H groups in total. The predicted molar refractivity (Wildman–Crippen MR) is 80.6 cm³/mol. The zero-order valence-corrected chi connectivity index (χ0v) is 13.2. The Hall–Kier alpha value is -1.04. The number of aromatic hydroxyl groups is 1. The molecule has 5 heteroatoms. The van der Waals surface area contributed by atoms with E-state index in [0.29, 0.717) is 5.75 Å². The number of rotatable bonds is 2. The molecule has 1 saturated heterocycles. The van der Waals surface area contributed by atoms with Gasteiger partial charge in [-0.3, -0.25) is 0 Å². The van der Waals surface area contributed by atoms with Gasteiger partial charge in [-0.1, -0.05) is 12.1 Å². The van der Waals surface area contributed by atoms with Crippen LogP contribution in [0, 0.1) is 13.8 Å². The lowest BCUT2D eigenvalue weighted by Crippen LogP contribution is -2.41. The van der Waals surface area contributed by atoms with Crippen LogP contribution in [0.2, 0.25) is 0 Å². The molecule has 20 heavy (non-hydrogen) atoms. The van der Waals surface area contributed by atoms with Gasteiger partial charge < -0.3 is 20.1 Å². The van der Waals surface area contributed by atoms with Gasteiger partial charge in [0, 0.05) is 0 Å². The van der Waals surface area contributed by atoms with Gasteiger partial charge in [-0.05, 0) is 58.2 Å². The van der Waals surface area contributed by atoms with E-state index in [1.165, 1.54) is 0 Å². The number of hydrogen-bond donors (Lipinski definition) is 2. The minimum absolute atomic E-state index is 0.315. The summed E-state index contributed by atoms with van der Waals surface area (Å²) < 4.78 is 12.0. The molecule has 0 spiro atoms. The summed E-state index contributed by atoms with van der Waals surface area (Å²) in [4.78, 5) is 0. The van der Waals surface area contributed by atoms with E-state index < -0.39 is 18.3 Å². The quantitative estimate of drug-likeness (QED) is 0.816. The Bertz CT molecular complexity index is 489. The normalized spacial score (nSPS) is 22.1. The SMILES string of the molecule is Cc1cc([C@H](N)B2OC(C)(C)C(C)(C)O2)cc(C)c1O. The number of nitrogens with two attached hydrogens (primary N) is 1. The first-order chi connectivity index (χ1) is 9.05. The standard InChI is InChI=1S/C15H24BNO3/c1-9-7-11(8-10(2)12(9)18)13(17)16-19-14(3,4)15(5,6)20-16/h7-8,13,18H,17H2,1-6H3/t13-/m0/s1. The average Bonchev–Trinajstić information content (AvgIpc) is 2.54. The second-order valence-corrected chi connectivity index (χ2v) is 6.65. The minimum Gasteiger partial charge on any atom is -0.507 e. The third-order valence-electron chi connectivity index (χ3n) is 4.46. The van der Waals surface area contributed by atoms with Crippen LogP contribution < -0.4 is 5.73 Å². The van der Waals surface area contributed by atoms with Gasteiger partial charge in [0.05, 0.1) is 17.1 Å². The Morgan fingerprint density at radius 3 is 1.85 bits per heavy atom. The second-order valence-electron chi connectivity index (χ2n) is 6.65. The summed E-state index contributed by atoms with van der Waals surface area (Å²) in [5.41, 5.74) is 8.05. The van der Waals surface area contributed by atoms with Crippen molar-refractivity contribution in [3.05, 3.63) is 28.8 Å². The summed E-state index contributed by atoms with van der Waals surface area (Å²) in [6.45, 7) is 11.8. The molecule has 1 atom stereocenters. The summed E-state index contributed by atoms with van der Waals surface area (Å²) in [5.74, 6) is -0.0658. The molecule has 1 aromatic carbocycles. The van der Waals surface area contributed by atoms with Crippen LogP contribution in [0.3, 0.4) is 0 Å². The predicted octanol–water partition coefficient (Wildman–Crippen LogP) is 2.64. The fourth-order valence-corrected chi connectivity index (χ4v) is 2.37. The van der Waals surface area contributed by atoms with Crippen LogP contribution in [0.25, 0.3) is 0 Å². The number of hydrogen-bond acceptors (Lipinski definition) is 4. The van der Waals surface area contributed by atoms with Crippen LogP contribution in [0.4, 0.5) is 0 Å². The van der Waals surface area contributed by atoms with Crippen LogP contribution in [0.15, 0.2) is 12.1 Å². The van der Waals surface area contributed by atoms with Gasteiger partial charge in [-0.2, -0.15) is 0 Å². The molecule has 1 fully saturated rings.